The van der Waals surface area contributed by atoms with Crippen LogP contribution in [0.5, 0.6) is 17.2 Å². The molecule has 0 aromatic heterocycles. The van der Waals surface area contributed by atoms with Crippen LogP contribution >= 0.6 is 13.5 Å². The van der Waals surface area contributed by atoms with Gasteiger partial charge in [0.25, 0.3) is 0 Å². The van der Waals surface area contributed by atoms with Gasteiger partial charge in [-0.25, -0.2) is 9.59 Å². The number of nitriles is 1. The molecule has 0 fully saturated rings. The number of phenols is 3. The predicted molar refractivity (Wildman–Crippen MR) is 194 cm³/mol. The van der Waals surface area contributed by atoms with Crippen molar-refractivity contribution >= 4 is 25.4 Å². The summed E-state index contributed by atoms with van der Waals surface area (Å²) in [5.41, 5.74) is 3.53. The van der Waals surface area contributed by atoms with E-state index in [1.165, 1.54) is 30.4 Å². The van der Waals surface area contributed by atoms with Crippen molar-refractivity contribution in [2.45, 2.75) is 110 Å². The first-order chi connectivity index (χ1) is 21.0. The van der Waals surface area contributed by atoms with E-state index in [9.17, 15) is 24.9 Å². The van der Waals surface area contributed by atoms with E-state index in [1.54, 1.807) is 30.3 Å². The summed E-state index contributed by atoms with van der Waals surface area (Å²) in [6.07, 6.45) is 0. The Hall–Kier alpha value is -3.54. The van der Waals surface area contributed by atoms with Crippen LogP contribution in [0, 0.1) is 18.3 Å². The van der Waals surface area contributed by atoms with Gasteiger partial charge in [-0.15, -0.1) is 0 Å². The number of carboxylic acids is 2. The Kier molecular flexibility index (Phi) is 17.7. The minimum atomic E-state index is -1.11. The Bertz CT molecular complexity index is 1580. The minimum Gasteiger partial charge on any atom is -0.507 e. The molecule has 8 nitrogen and oxygen atoms in total. The van der Waals surface area contributed by atoms with E-state index >= 15 is 0 Å². The molecule has 3 aromatic rings. The summed E-state index contributed by atoms with van der Waals surface area (Å²) in [4.78, 5) is 21.5. The molecule has 0 saturated heterocycles. The zero-order valence-corrected chi connectivity index (χ0v) is 34.8. The maximum atomic E-state index is 11.2. The smallest absolute Gasteiger partial charge is 0.339 e. The average Bonchev–Trinajstić information content (AvgIpc) is 2.86. The van der Waals surface area contributed by atoms with Gasteiger partial charge in [-0.3, -0.25) is 0 Å². The largest absolute Gasteiger partial charge is 0.507 e. The number of para-hydroxylation sites is 1. The van der Waals surface area contributed by atoms with E-state index in [0.29, 0.717) is 15.1 Å². The molecule has 0 aliphatic rings. The number of hydrogen-bond donors (Lipinski definition) is 5. The Labute approximate surface area is 304 Å². The van der Waals surface area contributed by atoms with E-state index in [2.05, 4.69) is 41.5 Å². The number of carbonyl (C=O) groups is 2. The zero-order chi connectivity index (χ0) is 37.3. The molecule has 0 spiro atoms. The Balaban J connectivity index is 0. The third-order valence-corrected chi connectivity index (χ3v) is 6.42. The zero-order valence-electron chi connectivity index (χ0n) is 30.8. The first-order valence-corrected chi connectivity index (χ1v) is 16.7. The van der Waals surface area contributed by atoms with Crippen molar-refractivity contribution in [1.82, 2.24) is 0 Å². The molecular formula is C38H54NO7SZn. The molecule has 10 heteroatoms. The van der Waals surface area contributed by atoms with Crippen molar-refractivity contribution in [3.63, 3.8) is 0 Å². The molecule has 0 bridgehead atoms. The normalized spacial score (nSPS) is 11.1. The summed E-state index contributed by atoms with van der Waals surface area (Å²) in [5, 5.41) is 54.8. The van der Waals surface area contributed by atoms with Gasteiger partial charge in [-0.1, -0.05) is 80.5 Å². The number of nitrogens with zero attached hydrogens (tertiary/aromatic N) is 1. The number of phenolic OH excluding ortho intramolecular Hbond substituents is 1. The summed E-state index contributed by atoms with van der Waals surface area (Å²) in [7, 11) is 0. The predicted octanol–water partition coefficient (Wildman–Crippen LogP) is 9.51. The van der Waals surface area contributed by atoms with Crippen LogP contribution in [0.25, 0.3) is 0 Å². The van der Waals surface area contributed by atoms with Crippen LogP contribution in [0.3, 0.4) is 0 Å². The van der Waals surface area contributed by atoms with Crippen molar-refractivity contribution in [3.8, 4) is 23.3 Å². The molecular weight excluding hydrogens is 680 g/mol. The summed E-state index contributed by atoms with van der Waals surface area (Å²) < 4.78 is 0.625. The van der Waals surface area contributed by atoms with Crippen LogP contribution in [0.2, 0.25) is 4.01 Å². The molecule has 3 rings (SSSR count). The Morgan fingerprint density at radius 2 is 1.10 bits per heavy atom. The number of rotatable bonds is 2. The van der Waals surface area contributed by atoms with Gasteiger partial charge >= 0.3 is 55.0 Å². The molecule has 0 saturated carbocycles. The van der Waals surface area contributed by atoms with E-state index in [-0.39, 0.29) is 58.1 Å². The van der Waals surface area contributed by atoms with Gasteiger partial charge in [0.15, 0.2) is 0 Å². The molecule has 0 amide bonds. The van der Waals surface area contributed by atoms with Crippen LogP contribution in [-0.2, 0) is 34.5 Å². The molecule has 5 N–H and O–H groups in total. The van der Waals surface area contributed by atoms with Gasteiger partial charge in [0, 0.05) is 5.56 Å². The van der Waals surface area contributed by atoms with E-state index in [0.717, 1.165) is 16.7 Å². The van der Waals surface area contributed by atoms with Gasteiger partial charge in [0.1, 0.15) is 34.4 Å². The fourth-order valence-electron chi connectivity index (χ4n) is 4.05. The van der Waals surface area contributed by atoms with Crippen LogP contribution in [0.15, 0.2) is 48.5 Å². The third-order valence-electron chi connectivity index (χ3n) is 6.42. The molecule has 0 aliphatic carbocycles. The van der Waals surface area contributed by atoms with Crippen molar-refractivity contribution < 1.29 is 53.4 Å². The second-order valence-corrected chi connectivity index (χ2v) is 20.1. The summed E-state index contributed by atoms with van der Waals surface area (Å²) in [6, 6.07) is 14.7. The number of aryl methyl sites for hydroxylation is 1. The topological polar surface area (TPSA) is 159 Å². The van der Waals surface area contributed by atoms with Gasteiger partial charge in [-0.05, 0) is 70.2 Å². The standard InChI is InChI=1S/C15H22O3.C12H15NO.C7H6O3.C4H9.H2S.Zn/c1-14(2,3)9-7-10(13(17)18)12(16)11(8-9)15(4,5)6;1-8-5-11(14)9(7-13)6-10(8)12(2,3)4;8-6-4-2-1-3-5(6)7(9)10;1-4(2)3;;/h7-8,16H,1-6H3,(H,17,18);5-6,14H,1-4H3;1-4,8H,(H,9,10);1-3H3;1H2;. The monoisotopic (exact) mass is 732 g/mol. The Morgan fingerprint density at radius 3 is 1.44 bits per heavy atom. The van der Waals surface area contributed by atoms with E-state index in [4.69, 9.17) is 15.5 Å². The SMILES string of the molecule is CC(C)(C)c1cc(C(=O)O)c(O)c(C(C)(C)C)c1.C[C](C)(C)[Zn].Cc1cc(O)c(C#N)cc1C(C)(C)C.O=C(O)c1ccccc1O.S. The van der Waals surface area contributed by atoms with E-state index < -0.39 is 11.9 Å². The molecule has 261 valence electrons. The molecule has 0 radical (unpaired) electrons. The summed E-state index contributed by atoms with van der Waals surface area (Å²) >= 11 is 1.40. The maximum Gasteiger partial charge on any atom is 0.339 e. The number of hydrogen-bond acceptors (Lipinski definition) is 6. The second kappa shape index (κ2) is 18.3. The molecule has 48 heavy (non-hydrogen) atoms. The first-order valence-electron chi connectivity index (χ1n) is 15.2. The quantitative estimate of drug-likeness (QED) is 0.163. The van der Waals surface area contributed by atoms with E-state index in [1.807, 2.05) is 60.6 Å². The summed E-state index contributed by atoms with van der Waals surface area (Å²) in [6.45, 7) is 26.9. The van der Waals surface area contributed by atoms with Crippen LogP contribution in [-0.4, -0.2) is 37.5 Å². The molecule has 0 aliphatic heterocycles. The van der Waals surface area contributed by atoms with Crippen molar-refractivity contribution in [3.05, 3.63) is 87.5 Å². The van der Waals surface area contributed by atoms with Gasteiger partial charge in [0.2, 0.25) is 0 Å². The number of aromatic carboxylic acids is 2. The third kappa shape index (κ3) is 16.0. The van der Waals surface area contributed by atoms with Crippen molar-refractivity contribution in [2.75, 3.05) is 0 Å². The molecule has 0 unspecified atom stereocenters. The van der Waals surface area contributed by atoms with Crippen LogP contribution in [0.1, 0.15) is 132 Å². The first kappa shape index (κ1) is 46.6. The fraction of sp³-hybridized carbons (Fsp3) is 0.447. The van der Waals surface area contributed by atoms with Crippen LogP contribution < -0.4 is 0 Å². The Morgan fingerprint density at radius 1 is 0.667 bits per heavy atom. The summed E-state index contributed by atoms with van der Waals surface area (Å²) in [5.74, 6) is -2.46. The number of carboxylic acid groups (broad SMARTS) is 2. The molecule has 3 aromatic carbocycles. The van der Waals surface area contributed by atoms with Gasteiger partial charge in [0.05, 0.1) is 5.56 Å². The maximum absolute atomic E-state index is 11.2. The average molecular weight is 734 g/mol. The van der Waals surface area contributed by atoms with Gasteiger partial charge < -0.3 is 25.5 Å². The minimum absolute atomic E-state index is 0. The van der Waals surface area contributed by atoms with Crippen molar-refractivity contribution in [2.24, 2.45) is 0 Å². The number of aromatic hydroxyl groups is 3. The van der Waals surface area contributed by atoms with Crippen molar-refractivity contribution in [1.29, 1.82) is 5.26 Å². The fourth-order valence-corrected chi connectivity index (χ4v) is 4.05. The van der Waals surface area contributed by atoms with Crippen LogP contribution in [0.4, 0.5) is 0 Å². The number of benzene rings is 3. The molecule has 0 atom stereocenters. The second-order valence-electron chi connectivity index (χ2n) is 15.7. The molecule has 0 heterocycles. The van der Waals surface area contributed by atoms with Gasteiger partial charge in [-0.2, -0.15) is 18.8 Å².